The number of rotatable bonds is 1. The van der Waals surface area contributed by atoms with Gasteiger partial charge in [0.1, 0.15) is 6.07 Å². The van der Waals surface area contributed by atoms with Crippen LogP contribution in [0.15, 0.2) is 78.9 Å². The first kappa shape index (κ1) is 15.0. The first-order chi connectivity index (χ1) is 12.4. The summed E-state index contributed by atoms with van der Waals surface area (Å²) in [7, 11) is 0. The third-order valence-electron chi connectivity index (χ3n) is 4.42. The predicted octanol–water partition coefficient (Wildman–Crippen LogP) is 5.46. The van der Waals surface area contributed by atoms with E-state index in [-0.39, 0.29) is 0 Å². The van der Waals surface area contributed by atoms with Crippen molar-refractivity contribution in [3.05, 3.63) is 95.6 Å². The average molecular weight is 317 g/mol. The van der Waals surface area contributed by atoms with E-state index in [0.29, 0.717) is 6.42 Å². The molecule has 0 unspecified atom stereocenters. The Hall–Kier alpha value is -3.55. The zero-order valence-corrected chi connectivity index (χ0v) is 13.7. The number of benzene rings is 4. The molecule has 0 atom stereocenters. The lowest BCUT2D eigenvalue weighted by Crippen LogP contribution is -1.94. The summed E-state index contributed by atoms with van der Waals surface area (Å²) in [5.41, 5.74) is 2.74. The molecule has 0 aliphatic carbocycles. The lowest BCUT2D eigenvalue weighted by molar-refractivity contribution is 1.33. The molecule has 1 heteroatoms. The zero-order chi connectivity index (χ0) is 17.1. The lowest BCUT2D eigenvalue weighted by Gasteiger charge is -2.11. The summed E-state index contributed by atoms with van der Waals surface area (Å²) in [4.78, 5) is 0. The summed E-state index contributed by atoms with van der Waals surface area (Å²) in [5, 5.41) is 14.2. The minimum absolute atomic E-state index is 0.559. The smallest absolute Gasteiger partial charge is 0.100 e. The number of nitrogens with zero attached hydrogens (tertiary/aromatic N) is 1. The van der Waals surface area contributed by atoms with Crippen molar-refractivity contribution in [2.45, 2.75) is 6.42 Å². The van der Waals surface area contributed by atoms with E-state index in [1.165, 1.54) is 5.39 Å². The predicted molar refractivity (Wildman–Crippen MR) is 103 cm³/mol. The number of hydrogen-bond acceptors (Lipinski definition) is 1. The fourth-order valence-electron chi connectivity index (χ4n) is 3.28. The molecule has 0 aromatic heterocycles. The molecule has 0 saturated heterocycles. The molecule has 0 radical (unpaired) electrons. The second-order valence-corrected chi connectivity index (χ2v) is 5.90. The molecule has 4 rings (SSSR count). The Balaban J connectivity index is 1.93. The third-order valence-corrected chi connectivity index (χ3v) is 4.42. The van der Waals surface area contributed by atoms with Crippen molar-refractivity contribution in [2.75, 3.05) is 0 Å². The molecule has 0 saturated carbocycles. The van der Waals surface area contributed by atoms with Crippen LogP contribution in [0.3, 0.4) is 0 Å². The molecule has 1 nitrogen and oxygen atoms in total. The van der Waals surface area contributed by atoms with Gasteiger partial charge in [0.15, 0.2) is 0 Å². The normalized spacial score (nSPS) is 10.2. The molecule has 0 amide bonds. The number of nitriles is 1. The van der Waals surface area contributed by atoms with Crippen LogP contribution < -0.4 is 0 Å². The summed E-state index contributed by atoms with van der Waals surface area (Å²) >= 11 is 0. The summed E-state index contributed by atoms with van der Waals surface area (Å²) in [6.45, 7) is 0. The van der Waals surface area contributed by atoms with Crippen molar-refractivity contribution in [2.24, 2.45) is 0 Å². The van der Waals surface area contributed by atoms with Gasteiger partial charge in [-0.1, -0.05) is 78.6 Å². The standard InChI is InChI=1S/C24H15N/c25-17-24-22-15-7-6-13-20(22)19-12-4-5-14-21(19)23(24)16-8-11-18-9-2-1-3-10-18/h1-7,9-10,12-15H,16H2. The van der Waals surface area contributed by atoms with Gasteiger partial charge in [-0.3, -0.25) is 0 Å². The molecule has 0 heterocycles. The van der Waals surface area contributed by atoms with Gasteiger partial charge in [-0.15, -0.1) is 0 Å². The van der Waals surface area contributed by atoms with Gasteiger partial charge in [-0.2, -0.15) is 5.26 Å². The summed E-state index contributed by atoms with van der Waals surface area (Å²) in [6.07, 6.45) is 0.559. The Morgan fingerprint density at radius 3 is 1.88 bits per heavy atom. The van der Waals surface area contributed by atoms with Gasteiger partial charge in [0.2, 0.25) is 0 Å². The molecule has 25 heavy (non-hydrogen) atoms. The van der Waals surface area contributed by atoms with Gasteiger partial charge in [0.25, 0.3) is 0 Å². The first-order valence-electron chi connectivity index (χ1n) is 8.25. The quantitative estimate of drug-likeness (QED) is 0.338. The van der Waals surface area contributed by atoms with Crippen LogP contribution in [-0.4, -0.2) is 0 Å². The lowest BCUT2D eigenvalue weighted by atomic mass is 9.91. The summed E-state index contributed by atoms with van der Waals surface area (Å²) in [6, 6.07) is 28.7. The van der Waals surface area contributed by atoms with E-state index < -0.39 is 0 Å². The highest BCUT2D eigenvalue weighted by Gasteiger charge is 2.12. The molecule has 4 aromatic carbocycles. The second kappa shape index (κ2) is 6.52. The van der Waals surface area contributed by atoms with Crippen LogP contribution >= 0.6 is 0 Å². The Kier molecular flexibility index (Phi) is 3.91. The minimum atomic E-state index is 0.559. The highest BCUT2D eigenvalue weighted by atomic mass is 14.3. The minimum Gasteiger partial charge on any atom is -0.192 e. The monoisotopic (exact) mass is 317 g/mol. The van der Waals surface area contributed by atoms with Crippen LogP contribution in [0.5, 0.6) is 0 Å². The van der Waals surface area contributed by atoms with Gasteiger partial charge in [-0.25, -0.2) is 0 Å². The van der Waals surface area contributed by atoms with Gasteiger partial charge in [-0.05, 0) is 33.9 Å². The van der Waals surface area contributed by atoms with E-state index in [4.69, 9.17) is 0 Å². The van der Waals surface area contributed by atoms with E-state index in [9.17, 15) is 5.26 Å². The maximum atomic E-state index is 9.79. The molecular weight excluding hydrogens is 302 g/mol. The maximum Gasteiger partial charge on any atom is 0.100 e. The molecule has 0 aliphatic rings. The topological polar surface area (TPSA) is 23.8 Å². The zero-order valence-electron chi connectivity index (χ0n) is 13.7. The highest BCUT2D eigenvalue weighted by molar-refractivity contribution is 6.11. The van der Waals surface area contributed by atoms with Gasteiger partial charge >= 0.3 is 0 Å². The molecule has 4 aromatic rings. The molecule has 0 N–H and O–H groups in total. The Morgan fingerprint density at radius 1 is 0.640 bits per heavy atom. The maximum absolute atomic E-state index is 9.79. The average Bonchev–Trinajstić information content (AvgIpc) is 2.69. The van der Waals surface area contributed by atoms with Gasteiger partial charge < -0.3 is 0 Å². The second-order valence-electron chi connectivity index (χ2n) is 5.90. The molecular formula is C24H15N. The van der Waals surface area contributed by atoms with Crippen molar-refractivity contribution in [1.29, 1.82) is 5.26 Å². The van der Waals surface area contributed by atoms with Crippen LogP contribution in [0.25, 0.3) is 21.5 Å². The van der Waals surface area contributed by atoms with Crippen molar-refractivity contribution < 1.29 is 0 Å². The van der Waals surface area contributed by atoms with Crippen LogP contribution in [0.2, 0.25) is 0 Å². The number of fused-ring (bicyclic) bond motifs is 3. The molecule has 116 valence electrons. The fourth-order valence-corrected chi connectivity index (χ4v) is 3.28. The van der Waals surface area contributed by atoms with Crippen molar-refractivity contribution in [3.8, 4) is 17.9 Å². The van der Waals surface area contributed by atoms with Crippen LogP contribution in [0.4, 0.5) is 0 Å². The van der Waals surface area contributed by atoms with Gasteiger partial charge in [0.05, 0.1) is 5.56 Å². The summed E-state index contributed by atoms with van der Waals surface area (Å²) in [5.74, 6) is 6.45. The SMILES string of the molecule is N#Cc1c(CC#Cc2ccccc2)c2ccccc2c2ccccc12. The summed E-state index contributed by atoms with van der Waals surface area (Å²) < 4.78 is 0. The first-order valence-corrected chi connectivity index (χ1v) is 8.25. The Morgan fingerprint density at radius 2 is 1.20 bits per heavy atom. The fraction of sp³-hybridized carbons (Fsp3) is 0.0417. The third kappa shape index (κ3) is 2.74. The Labute approximate surface area is 147 Å². The highest BCUT2D eigenvalue weighted by Crippen LogP contribution is 2.32. The van der Waals surface area contributed by atoms with Crippen LogP contribution in [0.1, 0.15) is 16.7 Å². The molecule has 0 fully saturated rings. The van der Waals surface area contributed by atoms with Crippen molar-refractivity contribution in [3.63, 3.8) is 0 Å². The van der Waals surface area contributed by atoms with E-state index in [0.717, 1.165) is 32.8 Å². The van der Waals surface area contributed by atoms with Gasteiger partial charge in [0, 0.05) is 17.4 Å². The molecule has 0 bridgehead atoms. The van der Waals surface area contributed by atoms with E-state index >= 15 is 0 Å². The van der Waals surface area contributed by atoms with Crippen LogP contribution in [-0.2, 0) is 6.42 Å². The van der Waals surface area contributed by atoms with E-state index in [1.54, 1.807) is 0 Å². The largest absolute Gasteiger partial charge is 0.192 e. The van der Waals surface area contributed by atoms with Crippen molar-refractivity contribution in [1.82, 2.24) is 0 Å². The van der Waals surface area contributed by atoms with Crippen LogP contribution in [0, 0.1) is 23.2 Å². The molecule has 0 aliphatic heterocycles. The number of hydrogen-bond donors (Lipinski definition) is 0. The Bertz CT molecular complexity index is 1170. The van der Waals surface area contributed by atoms with E-state index in [2.05, 4.69) is 36.1 Å². The van der Waals surface area contributed by atoms with E-state index in [1.807, 2.05) is 60.7 Å². The molecule has 0 spiro atoms. The van der Waals surface area contributed by atoms with Crippen molar-refractivity contribution >= 4 is 21.5 Å².